The minimum absolute atomic E-state index is 0.0256. The molecule has 3 heterocycles. The molecule has 0 aliphatic carbocycles. The van der Waals surface area contributed by atoms with Gasteiger partial charge in [0.2, 0.25) is 0 Å². The van der Waals surface area contributed by atoms with Crippen LogP contribution in [0.25, 0.3) is 0 Å². The Hall–Kier alpha value is -0.955. The van der Waals surface area contributed by atoms with Crippen molar-refractivity contribution in [3.8, 4) is 0 Å². The summed E-state index contributed by atoms with van der Waals surface area (Å²) in [6.07, 6.45) is 2.84. The molecule has 0 saturated carbocycles. The van der Waals surface area contributed by atoms with E-state index in [0.717, 1.165) is 43.3 Å². The molecular formula is C33H51B7O9S2. The predicted molar refractivity (Wildman–Crippen MR) is 213 cm³/mol. The normalized spacial score (nSPS) is 30.5. The molecule has 3 saturated heterocycles. The van der Waals surface area contributed by atoms with Crippen LogP contribution in [0.2, 0.25) is 0 Å². The average molecular weight is 732 g/mol. The number of benzene rings is 1. The Bertz CT molecular complexity index is 1610. The zero-order chi connectivity index (χ0) is 37.0. The van der Waals surface area contributed by atoms with Crippen LogP contribution in [-0.2, 0) is 33.0 Å². The molecule has 9 nitrogen and oxygen atoms in total. The Morgan fingerprint density at radius 3 is 2.47 bits per heavy atom. The molecule has 3 aliphatic heterocycles. The predicted octanol–water partition coefficient (Wildman–Crippen LogP) is 1.54. The van der Waals surface area contributed by atoms with Crippen LogP contribution in [0.15, 0.2) is 59.5 Å². The summed E-state index contributed by atoms with van der Waals surface area (Å²) in [7, 11) is -1.27. The fourth-order valence-electron chi connectivity index (χ4n) is 7.45. The van der Waals surface area contributed by atoms with Gasteiger partial charge in [-0.25, -0.2) is 0 Å². The first-order chi connectivity index (χ1) is 24.5. The fraction of sp³-hybridized carbons (Fsp3) is 0.697. The number of methoxy groups -OCH3 is 1. The minimum atomic E-state index is -3.70. The number of hydrogen-bond donors (Lipinski definition) is 2. The Morgan fingerprint density at radius 1 is 1.04 bits per heavy atom. The molecule has 0 amide bonds. The molecule has 0 radical (unpaired) electrons. The van der Waals surface area contributed by atoms with Gasteiger partial charge in [0.15, 0.2) is 0 Å². The SMILES string of the molecule is B#S(=BB=BB=BB)OC(CO)C[C@H]1OC(C[C@H]2O[C@@H](CC[C@@H]3OC(CCCO)CC3=C)C[C@@H](C)C2=C)C(CS(=O)(=O)c2ccccc2)[C@H]1OC. The van der Waals surface area contributed by atoms with Crippen molar-refractivity contribution < 1.29 is 41.8 Å². The number of sulfone groups is 1. The van der Waals surface area contributed by atoms with E-state index in [1.807, 2.05) is 27.8 Å². The molecular weight excluding hydrogens is 680 g/mol. The van der Waals surface area contributed by atoms with Gasteiger partial charge in [-0.15, -0.1) is 0 Å². The van der Waals surface area contributed by atoms with Crippen molar-refractivity contribution in [3.63, 3.8) is 0 Å². The van der Waals surface area contributed by atoms with E-state index in [1.165, 1.54) is 0 Å². The Balaban J connectivity index is 1.50. The van der Waals surface area contributed by atoms with Crippen LogP contribution >= 0.6 is 9.84 Å². The summed E-state index contributed by atoms with van der Waals surface area (Å²) in [4.78, 5) is 0.244. The second-order valence-corrected chi connectivity index (χ2v) is 17.1. The number of aliphatic hydroxyl groups excluding tert-OH is 2. The van der Waals surface area contributed by atoms with Gasteiger partial charge in [0.25, 0.3) is 0 Å². The van der Waals surface area contributed by atoms with Crippen LogP contribution in [0.1, 0.15) is 58.3 Å². The molecule has 0 bridgehead atoms. The van der Waals surface area contributed by atoms with Crippen molar-refractivity contribution in [2.45, 2.75) is 112 Å². The molecule has 4 unspecified atom stereocenters. The second kappa shape index (κ2) is 21.2. The average Bonchev–Trinajstić information content (AvgIpc) is 3.63. The third kappa shape index (κ3) is 12.5. The summed E-state index contributed by atoms with van der Waals surface area (Å²) in [5.74, 6) is -0.495. The first kappa shape index (κ1) is 42.8. The van der Waals surface area contributed by atoms with Gasteiger partial charge in [-0.1, -0.05) is 12.6 Å². The van der Waals surface area contributed by atoms with Crippen LogP contribution < -0.4 is 0 Å². The monoisotopic (exact) mass is 732 g/mol. The standard InChI is InChI=1S/C33H51B7O9S2/c1-21-15-25(12-13-29-22(2)16-24(46-29)9-8-14-41)47-30(23(21)3)18-31-28(20-51(43,44)27-10-6-5-7-11-27)33(45-4)32(48-31)17-26(19-42)49-50(35)40-39-38-37-36-34/h5-7,10-11,21,24-26,28-33,41-42H,2-3,8-9,12-20,34H2,1,4H3/t21-,24?,25+,26?,28?,29+,30-,31?,32-,33-/m1/s1. The van der Waals surface area contributed by atoms with Crippen molar-refractivity contribution in [3.05, 3.63) is 54.6 Å². The zero-order valence-corrected chi connectivity index (χ0v) is 32.0. The van der Waals surface area contributed by atoms with Crippen molar-refractivity contribution in [2.75, 3.05) is 26.1 Å². The van der Waals surface area contributed by atoms with Gasteiger partial charge in [-0.05, 0) is 31.3 Å². The number of hydrogen-bond acceptors (Lipinski definition) is 9. The fourth-order valence-corrected chi connectivity index (χ4v) is 9.89. The van der Waals surface area contributed by atoms with Crippen molar-refractivity contribution in [1.82, 2.24) is 0 Å². The van der Waals surface area contributed by atoms with Crippen LogP contribution in [0.4, 0.5) is 0 Å². The molecule has 1 aromatic carbocycles. The maximum atomic E-state index is 13.8. The molecule has 0 spiro atoms. The Morgan fingerprint density at radius 2 is 1.78 bits per heavy atom. The van der Waals surface area contributed by atoms with Crippen molar-refractivity contribution >= 4 is 66.8 Å². The quantitative estimate of drug-likeness (QED) is 0.171. The molecule has 18 heteroatoms. The molecule has 10 atom stereocenters. The van der Waals surface area contributed by atoms with Crippen LogP contribution in [0.5, 0.6) is 0 Å². The Kier molecular flexibility index (Phi) is 17.8. The summed E-state index contributed by atoms with van der Waals surface area (Å²) in [6.45, 7) is 24.3. The van der Waals surface area contributed by atoms with Crippen LogP contribution in [0.3, 0.4) is 0 Å². The zero-order valence-electron chi connectivity index (χ0n) is 30.4. The molecule has 51 heavy (non-hydrogen) atoms. The van der Waals surface area contributed by atoms with Gasteiger partial charge in [0.05, 0.1) is 12.2 Å². The van der Waals surface area contributed by atoms with E-state index < -0.39 is 50.0 Å². The summed E-state index contributed by atoms with van der Waals surface area (Å²) in [5.41, 5.74) is 2.06. The van der Waals surface area contributed by atoms with E-state index in [0.29, 0.717) is 12.8 Å². The molecule has 3 aliphatic rings. The van der Waals surface area contributed by atoms with Gasteiger partial charge in [-0.2, -0.15) is 0 Å². The first-order valence-electron chi connectivity index (χ1n) is 18.1. The number of rotatable bonds is 18. The van der Waals surface area contributed by atoms with Crippen LogP contribution in [-0.4, -0.2) is 141 Å². The van der Waals surface area contributed by atoms with E-state index in [9.17, 15) is 18.6 Å². The van der Waals surface area contributed by atoms with E-state index >= 15 is 0 Å². The number of ether oxygens (including phenoxy) is 4. The summed E-state index contributed by atoms with van der Waals surface area (Å²) < 4.78 is 59.2. The maximum absolute atomic E-state index is 13.8. The topological polar surface area (TPSA) is 121 Å². The van der Waals surface area contributed by atoms with Gasteiger partial charge in [0, 0.05) is 6.61 Å². The molecule has 0 aromatic heterocycles. The summed E-state index contributed by atoms with van der Waals surface area (Å²) in [6, 6.07) is 10.1. The van der Waals surface area contributed by atoms with Gasteiger partial charge in [0.1, 0.15) is 0 Å². The van der Waals surface area contributed by atoms with E-state index in [-0.39, 0.29) is 60.6 Å². The van der Waals surface area contributed by atoms with Gasteiger partial charge >= 0.3 is 241 Å². The third-order valence-electron chi connectivity index (χ3n) is 10.2. The van der Waals surface area contributed by atoms with E-state index in [2.05, 4.69) is 20.1 Å². The number of aliphatic hydroxyl groups is 2. The van der Waals surface area contributed by atoms with E-state index in [4.69, 9.17) is 29.7 Å². The van der Waals surface area contributed by atoms with Gasteiger partial charge in [-0.3, -0.25) is 0 Å². The second-order valence-electron chi connectivity index (χ2n) is 13.9. The van der Waals surface area contributed by atoms with Gasteiger partial charge < -0.3 is 9.84 Å². The third-order valence-corrected chi connectivity index (χ3v) is 12.9. The summed E-state index contributed by atoms with van der Waals surface area (Å²) >= 11 is 0. The first-order valence-corrected chi connectivity index (χ1v) is 21.0. The van der Waals surface area contributed by atoms with Crippen molar-refractivity contribution in [2.24, 2.45) is 11.8 Å². The molecule has 1 aromatic rings. The summed E-state index contributed by atoms with van der Waals surface area (Å²) in [5, 5.41) is 19.5. The Labute approximate surface area is 311 Å². The van der Waals surface area contributed by atoms with Crippen LogP contribution in [0, 0.1) is 11.8 Å². The molecule has 2 N–H and O–H groups in total. The van der Waals surface area contributed by atoms with E-state index in [1.54, 1.807) is 50.2 Å². The molecule has 270 valence electrons. The van der Waals surface area contributed by atoms with Crippen molar-refractivity contribution in [1.29, 1.82) is 0 Å². The molecule has 4 rings (SSSR count). The molecule has 3 fully saturated rings.